The predicted octanol–water partition coefficient (Wildman–Crippen LogP) is 0.179. The second-order valence-corrected chi connectivity index (χ2v) is 2.23. The van der Waals surface area contributed by atoms with Crippen molar-refractivity contribution in [1.29, 1.82) is 0 Å². The maximum Gasteiger partial charge on any atom is 0.310 e. The third kappa shape index (κ3) is 0.689. The van der Waals surface area contributed by atoms with Gasteiger partial charge in [-0.15, -0.1) is 0 Å². The van der Waals surface area contributed by atoms with Crippen LogP contribution in [0.5, 0.6) is 0 Å². The van der Waals surface area contributed by atoms with Crippen LogP contribution in [0, 0.1) is 0 Å². The molecule has 0 bridgehead atoms. The lowest BCUT2D eigenvalue weighted by Crippen LogP contribution is -1.93. The highest BCUT2D eigenvalue weighted by Gasteiger charge is 2.08. The monoisotopic (exact) mass is 104 g/mol. The lowest BCUT2D eigenvalue weighted by atomic mass is 10.8. The van der Waals surface area contributed by atoms with Crippen LogP contribution < -0.4 is 0 Å². The van der Waals surface area contributed by atoms with Crippen molar-refractivity contribution in [3.63, 3.8) is 0 Å². The molecule has 0 aromatic carbocycles. The van der Waals surface area contributed by atoms with E-state index in [0.717, 1.165) is 8.58 Å². The molecule has 1 atom stereocenters. The summed E-state index contributed by atoms with van der Waals surface area (Å²) in [6.07, 6.45) is 1.32. The fourth-order valence-corrected chi connectivity index (χ4v) is 1.01. The van der Waals surface area contributed by atoms with Crippen LogP contribution in [-0.4, -0.2) is 18.5 Å². The maximum absolute atomic E-state index is 10.0. The van der Waals surface area contributed by atoms with Crippen LogP contribution in [-0.2, 0) is 9.53 Å². The zero-order chi connectivity index (χ0) is 4.41. The maximum atomic E-state index is 10.0. The predicted molar refractivity (Wildman–Crippen MR) is 24.1 cm³/mol. The SMILES string of the molecule is O=C1CPCO1. The smallest absolute Gasteiger partial charge is 0.310 e. The molecule has 1 rings (SSSR count). The van der Waals surface area contributed by atoms with E-state index < -0.39 is 0 Å². The molecular weight excluding hydrogens is 99.0 g/mol. The van der Waals surface area contributed by atoms with E-state index in [4.69, 9.17) is 0 Å². The van der Waals surface area contributed by atoms with E-state index in [1.807, 2.05) is 0 Å². The molecule has 6 heavy (non-hydrogen) atoms. The molecule has 0 aliphatic carbocycles. The fraction of sp³-hybridized carbons (Fsp3) is 0.667. The van der Waals surface area contributed by atoms with Crippen molar-refractivity contribution in [2.45, 2.75) is 0 Å². The van der Waals surface area contributed by atoms with Gasteiger partial charge in [0.15, 0.2) is 0 Å². The van der Waals surface area contributed by atoms with E-state index in [2.05, 4.69) is 4.74 Å². The Kier molecular flexibility index (Phi) is 1.06. The summed E-state index contributed by atoms with van der Waals surface area (Å²) in [7, 11) is 0.717. The van der Waals surface area contributed by atoms with Crippen LogP contribution >= 0.6 is 8.58 Å². The van der Waals surface area contributed by atoms with Crippen molar-refractivity contribution in [3.05, 3.63) is 0 Å². The van der Waals surface area contributed by atoms with Gasteiger partial charge in [-0.05, 0) is 0 Å². The molecule has 0 aromatic heterocycles. The van der Waals surface area contributed by atoms with E-state index in [-0.39, 0.29) is 5.97 Å². The van der Waals surface area contributed by atoms with Crippen LogP contribution in [0.2, 0.25) is 0 Å². The average Bonchev–Trinajstić information content (AvgIpc) is 1.86. The van der Waals surface area contributed by atoms with Gasteiger partial charge < -0.3 is 4.74 Å². The molecule has 0 spiro atoms. The van der Waals surface area contributed by atoms with Gasteiger partial charge in [0.05, 0.1) is 6.16 Å². The Balaban J connectivity index is 2.37. The molecule has 1 saturated heterocycles. The molecule has 1 aliphatic rings. The number of ether oxygens (including phenoxy) is 1. The molecule has 3 heteroatoms. The van der Waals surface area contributed by atoms with Crippen LogP contribution in [0.4, 0.5) is 0 Å². The average molecular weight is 104 g/mol. The number of rotatable bonds is 0. The van der Waals surface area contributed by atoms with Gasteiger partial charge in [0.2, 0.25) is 0 Å². The zero-order valence-corrected chi connectivity index (χ0v) is 4.23. The third-order valence-electron chi connectivity index (χ3n) is 0.605. The summed E-state index contributed by atoms with van der Waals surface area (Å²) in [6.45, 7) is 0. The summed E-state index contributed by atoms with van der Waals surface area (Å²) in [4.78, 5) is 10.0. The second-order valence-electron chi connectivity index (χ2n) is 1.09. The Bertz CT molecular complexity index is 63.2. The molecule has 1 heterocycles. The van der Waals surface area contributed by atoms with Gasteiger partial charge in [0, 0.05) is 0 Å². The topological polar surface area (TPSA) is 26.3 Å². The lowest BCUT2D eigenvalue weighted by molar-refractivity contribution is -0.136. The van der Waals surface area contributed by atoms with E-state index in [1.54, 1.807) is 0 Å². The first-order valence-corrected chi connectivity index (χ1v) is 3.17. The van der Waals surface area contributed by atoms with Crippen LogP contribution in [0.25, 0.3) is 0 Å². The van der Waals surface area contributed by atoms with Gasteiger partial charge in [0.1, 0.15) is 6.35 Å². The van der Waals surface area contributed by atoms with E-state index in [9.17, 15) is 4.79 Å². The van der Waals surface area contributed by atoms with Crippen LogP contribution in [0.1, 0.15) is 0 Å². The van der Waals surface area contributed by atoms with E-state index in [0.29, 0.717) is 12.5 Å². The van der Waals surface area contributed by atoms with Gasteiger partial charge in [0.25, 0.3) is 0 Å². The Morgan fingerprint density at radius 1 is 1.83 bits per heavy atom. The summed E-state index contributed by atoms with van der Waals surface area (Å²) in [6, 6.07) is 0. The first kappa shape index (κ1) is 4.07. The highest BCUT2D eigenvalue weighted by molar-refractivity contribution is 7.39. The van der Waals surface area contributed by atoms with Gasteiger partial charge in [-0.3, -0.25) is 4.79 Å². The van der Waals surface area contributed by atoms with Crippen LogP contribution in [0.3, 0.4) is 0 Å². The Morgan fingerprint density at radius 2 is 2.67 bits per heavy atom. The quantitative estimate of drug-likeness (QED) is 0.323. The molecular formula is C3H5O2P. The minimum absolute atomic E-state index is 0.0340. The normalized spacial score (nSPS) is 25.0. The third-order valence-corrected chi connectivity index (χ3v) is 1.49. The van der Waals surface area contributed by atoms with Gasteiger partial charge in [-0.25, -0.2) is 0 Å². The number of carbonyl (C=O) groups excluding carboxylic acids is 1. The Labute approximate surface area is 37.7 Å². The summed E-state index contributed by atoms with van der Waals surface area (Å²) in [5, 5.41) is 0. The lowest BCUT2D eigenvalue weighted by Gasteiger charge is -1.80. The van der Waals surface area contributed by atoms with Crippen molar-refractivity contribution in [3.8, 4) is 0 Å². The van der Waals surface area contributed by atoms with Crippen molar-refractivity contribution in [1.82, 2.24) is 0 Å². The Hall–Kier alpha value is -0.100. The molecule has 1 unspecified atom stereocenters. The van der Waals surface area contributed by atoms with Gasteiger partial charge in [-0.1, -0.05) is 8.58 Å². The fourth-order valence-electron chi connectivity index (χ4n) is 0.336. The number of hydrogen-bond acceptors (Lipinski definition) is 2. The van der Waals surface area contributed by atoms with Crippen molar-refractivity contribution in [2.75, 3.05) is 12.5 Å². The molecule has 2 nitrogen and oxygen atoms in total. The summed E-state index contributed by atoms with van der Waals surface area (Å²) >= 11 is 0. The molecule has 0 saturated carbocycles. The number of esters is 1. The van der Waals surface area contributed by atoms with Crippen molar-refractivity contribution >= 4 is 14.6 Å². The number of cyclic esters (lactones) is 1. The highest BCUT2D eigenvalue weighted by atomic mass is 31.1. The number of hydrogen-bond donors (Lipinski definition) is 0. The Morgan fingerprint density at radius 3 is 2.83 bits per heavy atom. The molecule has 0 radical (unpaired) electrons. The minimum Gasteiger partial charge on any atom is -0.461 e. The van der Waals surface area contributed by atoms with Crippen molar-refractivity contribution in [2.24, 2.45) is 0 Å². The molecule has 0 N–H and O–H groups in total. The summed E-state index contributed by atoms with van der Waals surface area (Å²) < 4.78 is 4.53. The first-order chi connectivity index (χ1) is 2.89. The second kappa shape index (κ2) is 1.57. The first-order valence-electron chi connectivity index (χ1n) is 1.76. The van der Waals surface area contributed by atoms with E-state index in [1.165, 1.54) is 0 Å². The van der Waals surface area contributed by atoms with Crippen molar-refractivity contribution < 1.29 is 9.53 Å². The molecule has 0 amide bonds. The van der Waals surface area contributed by atoms with E-state index >= 15 is 0 Å². The minimum atomic E-state index is -0.0340. The number of carbonyl (C=O) groups is 1. The van der Waals surface area contributed by atoms with Crippen LogP contribution in [0.15, 0.2) is 0 Å². The molecule has 34 valence electrons. The molecule has 1 aliphatic heterocycles. The molecule has 1 fully saturated rings. The summed E-state index contributed by atoms with van der Waals surface area (Å²) in [5.41, 5.74) is 0. The standard InChI is InChI=1S/C3H5O2P/c4-3-1-6-2-5-3/h6H,1-2H2. The van der Waals surface area contributed by atoms with Gasteiger partial charge >= 0.3 is 5.97 Å². The molecule has 0 aromatic rings. The largest absolute Gasteiger partial charge is 0.461 e. The summed E-state index contributed by atoms with van der Waals surface area (Å²) in [5.74, 6) is -0.0340. The zero-order valence-electron chi connectivity index (χ0n) is 3.23. The van der Waals surface area contributed by atoms with Gasteiger partial charge in [-0.2, -0.15) is 0 Å². The highest BCUT2D eigenvalue weighted by Crippen LogP contribution is 2.16.